The van der Waals surface area contributed by atoms with Crippen molar-refractivity contribution in [3.8, 4) is 0 Å². The van der Waals surface area contributed by atoms with E-state index in [1.807, 2.05) is 37.2 Å². The number of anilines is 2. The van der Waals surface area contributed by atoms with Gasteiger partial charge in [-0.25, -0.2) is 9.37 Å². The molecule has 0 saturated heterocycles. The monoisotopic (exact) mass is 271 g/mol. The third-order valence-corrected chi connectivity index (χ3v) is 3.75. The molecule has 1 aliphatic carbocycles. The molecule has 1 aliphatic rings. The van der Waals surface area contributed by atoms with Gasteiger partial charge in [-0.3, -0.25) is 0 Å². The van der Waals surface area contributed by atoms with Crippen LogP contribution < -0.4 is 10.2 Å². The lowest BCUT2D eigenvalue weighted by Gasteiger charge is -2.21. The molecule has 104 valence electrons. The number of fused-ring (bicyclic) bond motifs is 1. The third-order valence-electron chi connectivity index (χ3n) is 3.75. The number of benzene rings is 1. The highest BCUT2D eigenvalue weighted by molar-refractivity contribution is 5.65. The van der Waals surface area contributed by atoms with Crippen LogP contribution in [0.2, 0.25) is 0 Å². The molecule has 0 saturated carbocycles. The molecule has 1 heterocycles. The average Bonchev–Trinajstić information content (AvgIpc) is 2.84. The molecule has 0 spiro atoms. The van der Waals surface area contributed by atoms with Gasteiger partial charge < -0.3 is 10.2 Å². The lowest BCUT2D eigenvalue weighted by atomic mass is 10.1. The largest absolute Gasteiger partial charge is 0.375 e. The lowest BCUT2D eigenvalue weighted by molar-refractivity contribution is 0.612. The standard InChI is InChI=1S/C16H18FN3/c1-20(2)16-15(7-4-10-18-16)19-14-9-8-11-12(14)5-3-6-13(11)17/h3-7,10,14,19H,8-9H2,1-2H3. The van der Waals surface area contributed by atoms with Gasteiger partial charge >= 0.3 is 0 Å². The Balaban J connectivity index is 1.90. The fourth-order valence-electron chi connectivity index (χ4n) is 2.81. The van der Waals surface area contributed by atoms with Crippen molar-refractivity contribution in [2.24, 2.45) is 0 Å². The van der Waals surface area contributed by atoms with Crippen LogP contribution in [0.1, 0.15) is 23.6 Å². The van der Waals surface area contributed by atoms with Gasteiger partial charge in [-0.05, 0) is 42.2 Å². The maximum Gasteiger partial charge on any atom is 0.151 e. The number of nitrogens with one attached hydrogen (secondary N) is 1. The highest BCUT2D eigenvalue weighted by atomic mass is 19.1. The van der Waals surface area contributed by atoms with Crippen LogP contribution in [0.3, 0.4) is 0 Å². The summed E-state index contributed by atoms with van der Waals surface area (Å²) in [7, 11) is 3.94. The maximum atomic E-state index is 13.8. The van der Waals surface area contributed by atoms with E-state index in [9.17, 15) is 4.39 Å². The van der Waals surface area contributed by atoms with Crippen molar-refractivity contribution in [3.05, 3.63) is 53.5 Å². The first-order chi connectivity index (χ1) is 9.66. The van der Waals surface area contributed by atoms with Gasteiger partial charge in [-0.15, -0.1) is 0 Å². The van der Waals surface area contributed by atoms with Crippen molar-refractivity contribution in [2.45, 2.75) is 18.9 Å². The van der Waals surface area contributed by atoms with Crippen LogP contribution in [0.5, 0.6) is 0 Å². The Bertz CT molecular complexity index is 625. The number of hydrogen-bond acceptors (Lipinski definition) is 3. The van der Waals surface area contributed by atoms with Crippen LogP contribution in [-0.2, 0) is 6.42 Å². The Morgan fingerprint density at radius 2 is 2.10 bits per heavy atom. The van der Waals surface area contributed by atoms with E-state index in [4.69, 9.17) is 0 Å². The third kappa shape index (κ3) is 2.22. The predicted octanol–water partition coefficient (Wildman–Crippen LogP) is 3.39. The van der Waals surface area contributed by atoms with E-state index in [2.05, 4.69) is 10.3 Å². The Kier molecular flexibility index (Phi) is 3.30. The van der Waals surface area contributed by atoms with Crippen LogP contribution in [0, 0.1) is 5.82 Å². The predicted molar refractivity (Wildman–Crippen MR) is 79.6 cm³/mol. The van der Waals surface area contributed by atoms with Crippen LogP contribution in [0.4, 0.5) is 15.9 Å². The smallest absolute Gasteiger partial charge is 0.151 e. The number of rotatable bonds is 3. The first-order valence-electron chi connectivity index (χ1n) is 6.83. The molecule has 1 aromatic carbocycles. The second-order valence-electron chi connectivity index (χ2n) is 5.31. The number of hydrogen-bond donors (Lipinski definition) is 1. The van der Waals surface area contributed by atoms with Gasteiger partial charge in [0.2, 0.25) is 0 Å². The van der Waals surface area contributed by atoms with Crippen LogP contribution in [0.25, 0.3) is 0 Å². The molecule has 3 nitrogen and oxygen atoms in total. The van der Waals surface area contributed by atoms with E-state index in [1.54, 1.807) is 12.3 Å². The SMILES string of the molecule is CN(C)c1ncccc1NC1CCc2c(F)cccc21. The van der Waals surface area contributed by atoms with Crippen molar-refractivity contribution in [2.75, 3.05) is 24.3 Å². The average molecular weight is 271 g/mol. The van der Waals surface area contributed by atoms with Crippen molar-refractivity contribution < 1.29 is 4.39 Å². The number of halogens is 1. The van der Waals surface area contributed by atoms with Crippen LogP contribution >= 0.6 is 0 Å². The molecule has 0 bridgehead atoms. The second-order valence-corrected chi connectivity index (χ2v) is 5.31. The normalized spacial score (nSPS) is 16.9. The number of aromatic nitrogens is 1. The highest BCUT2D eigenvalue weighted by Crippen LogP contribution is 2.36. The van der Waals surface area contributed by atoms with Gasteiger partial charge in [-0.1, -0.05) is 12.1 Å². The molecule has 1 unspecified atom stereocenters. The molecule has 4 heteroatoms. The number of nitrogens with zero attached hydrogens (tertiary/aromatic N) is 2. The fraction of sp³-hybridized carbons (Fsp3) is 0.312. The summed E-state index contributed by atoms with van der Waals surface area (Å²) in [4.78, 5) is 6.36. The van der Waals surface area contributed by atoms with E-state index >= 15 is 0 Å². The van der Waals surface area contributed by atoms with Gasteiger partial charge in [0.25, 0.3) is 0 Å². The second kappa shape index (κ2) is 5.12. The topological polar surface area (TPSA) is 28.2 Å². The van der Waals surface area contributed by atoms with E-state index in [0.717, 1.165) is 35.5 Å². The molecule has 3 rings (SSSR count). The molecular weight excluding hydrogens is 253 g/mol. The summed E-state index contributed by atoms with van der Waals surface area (Å²) in [6.07, 6.45) is 3.48. The zero-order valence-electron chi connectivity index (χ0n) is 11.7. The summed E-state index contributed by atoms with van der Waals surface area (Å²) in [6, 6.07) is 9.41. The van der Waals surface area contributed by atoms with Crippen LogP contribution in [-0.4, -0.2) is 19.1 Å². The summed E-state index contributed by atoms with van der Waals surface area (Å²) in [6.45, 7) is 0. The summed E-state index contributed by atoms with van der Waals surface area (Å²) >= 11 is 0. The quantitative estimate of drug-likeness (QED) is 0.927. The summed E-state index contributed by atoms with van der Waals surface area (Å²) in [5.74, 6) is 0.808. The van der Waals surface area contributed by atoms with Crippen LogP contribution in [0.15, 0.2) is 36.5 Å². The van der Waals surface area contributed by atoms with Crippen molar-refractivity contribution in [1.29, 1.82) is 0 Å². The molecule has 1 aromatic heterocycles. The lowest BCUT2D eigenvalue weighted by Crippen LogP contribution is -2.15. The van der Waals surface area contributed by atoms with Crippen molar-refractivity contribution >= 4 is 11.5 Å². The fourth-order valence-corrected chi connectivity index (χ4v) is 2.81. The van der Waals surface area contributed by atoms with E-state index in [0.29, 0.717) is 0 Å². The molecular formula is C16H18FN3. The van der Waals surface area contributed by atoms with Gasteiger partial charge in [-0.2, -0.15) is 0 Å². The molecule has 0 fully saturated rings. The molecule has 1 N–H and O–H groups in total. The zero-order chi connectivity index (χ0) is 14.1. The summed E-state index contributed by atoms with van der Waals surface area (Å²) in [5.41, 5.74) is 2.90. The van der Waals surface area contributed by atoms with E-state index in [-0.39, 0.29) is 11.9 Å². The van der Waals surface area contributed by atoms with Gasteiger partial charge in [0.1, 0.15) is 5.82 Å². The van der Waals surface area contributed by atoms with Crippen molar-refractivity contribution in [1.82, 2.24) is 4.98 Å². The van der Waals surface area contributed by atoms with E-state index < -0.39 is 0 Å². The van der Waals surface area contributed by atoms with Gasteiger partial charge in [0.15, 0.2) is 5.82 Å². The van der Waals surface area contributed by atoms with Crippen molar-refractivity contribution in [3.63, 3.8) is 0 Å². The molecule has 2 aromatic rings. The zero-order valence-corrected chi connectivity index (χ0v) is 11.7. The first kappa shape index (κ1) is 12.9. The Morgan fingerprint density at radius 3 is 2.90 bits per heavy atom. The molecule has 20 heavy (non-hydrogen) atoms. The minimum Gasteiger partial charge on any atom is -0.375 e. The van der Waals surface area contributed by atoms with E-state index in [1.165, 1.54) is 6.07 Å². The first-order valence-corrected chi connectivity index (χ1v) is 6.83. The Hall–Kier alpha value is -2.10. The molecule has 0 radical (unpaired) electrons. The Morgan fingerprint density at radius 1 is 1.25 bits per heavy atom. The molecule has 1 atom stereocenters. The molecule has 0 amide bonds. The maximum absolute atomic E-state index is 13.8. The Labute approximate surface area is 118 Å². The van der Waals surface area contributed by atoms with Gasteiger partial charge in [0.05, 0.1) is 11.7 Å². The minimum absolute atomic E-state index is 0.0918. The number of pyridine rings is 1. The summed E-state index contributed by atoms with van der Waals surface area (Å²) in [5, 5.41) is 3.50. The molecule has 0 aliphatic heterocycles. The summed E-state index contributed by atoms with van der Waals surface area (Å²) < 4.78 is 13.8. The highest BCUT2D eigenvalue weighted by Gasteiger charge is 2.25. The minimum atomic E-state index is -0.0918. The van der Waals surface area contributed by atoms with Gasteiger partial charge in [0, 0.05) is 20.3 Å².